The van der Waals surface area contributed by atoms with Crippen LogP contribution in [0.1, 0.15) is 31.9 Å². The van der Waals surface area contributed by atoms with E-state index in [0.717, 1.165) is 24.6 Å². The lowest BCUT2D eigenvalue weighted by Crippen LogP contribution is -2.43. The first kappa shape index (κ1) is 13.5. The maximum Gasteiger partial charge on any atom is 0.123 e. The van der Waals surface area contributed by atoms with Crippen molar-refractivity contribution in [3.63, 3.8) is 0 Å². The molecule has 2 rings (SSSR count). The number of halogens is 1. The van der Waals surface area contributed by atoms with Gasteiger partial charge in [-0.05, 0) is 42.5 Å². The van der Waals surface area contributed by atoms with E-state index < -0.39 is 0 Å². The highest BCUT2D eigenvalue weighted by atomic mass is 19.1. The molecular weight excluding hydrogens is 227 g/mol. The zero-order chi connectivity index (χ0) is 13.1. The van der Waals surface area contributed by atoms with E-state index in [1.807, 2.05) is 6.07 Å². The highest BCUT2D eigenvalue weighted by Gasteiger charge is 2.27. The van der Waals surface area contributed by atoms with E-state index in [0.29, 0.717) is 12.5 Å². The van der Waals surface area contributed by atoms with E-state index in [1.165, 1.54) is 12.5 Å². The topological polar surface area (TPSA) is 29.3 Å². The molecule has 1 heterocycles. The van der Waals surface area contributed by atoms with E-state index in [9.17, 15) is 4.39 Å². The minimum absolute atomic E-state index is 0.149. The van der Waals surface area contributed by atoms with Gasteiger partial charge in [0.1, 0.15) is 5.82 Å². The summed E-state index contributed by atoms with van der Waals surface area (Å²) in [5, 5.41) is 0. The fourth-order valence-electron chi connectivity index (χ4n) is 2.79. The first-order valence-electron chi connectivity index (χ1n) is 6.81. The van der Waals surface area contributed by atoms with Crippen molar-refractivity contribution in [2.45, 2.75) is 26.3 Å². The Morgan fingerprint density at radius 1 is 1.39 bits per heavy atom. The van der Waals surface area contributed by atoms with Crippen LogP contribution in [0, 0.1) is 17.7 Å². The molecule has 3 heteroatoms. The summed E-state index contributed by atoms with van der Waals surface area (Å²) in [7, 11) is 0. The molecular formula is C15H23FN2. The number of nitrogens with zero attached hydrogens (tertiary/aromatic N) is 1. The molecule has 3 unspecified atom stereocenters. The lowest BCUT2D eigenvalue weighted by molar-refractivity contribution is 0.0982. The Bertz CT molecular complexity index is 394. The van der Waals surface area contributed by atoms with Crippen LogP contribution in [0.2, 0.25) is 0 Å². The Morgan fingerprint density at radius 3 is 2.78 bits per heavy atom. The maximum atomic E-state index is 13.3. The van der Waals surface area contributed by atoms with Gasteiger partial charge in [-0.25, -0.2) is 4.39 Å². The standard InChI is InChI=1S/C15H23FN2/c1-11-6-7-18(10-12(11)2)15(9-17)13-4-3-5-14(16)8-13/h3-5,8,11-12,15H,6-7,9-10,17H2,1-2H3. The molecule has 3 atom stereocenters. The quantitative estimate of drug-likeness (QED) is 0.894. The molecule has 18 heavy (non-hydrogen) atoms. The number of hydrogen-bond donors (Lipinski definition) is 1. The highest BCUT2D eigenvalue weighted by Crippen LogP contribution is 2.29. The van der Waals surface area contributed by atoms with Gasteiger partial charge in [-0.15, -0.1) is 0 Å². The van der Waals surface area contributed by atoms with Gasteiger partial charge in [-0.2, -0.15) is 0 Å². The predicted molar refractivity (Wildman–Crippen MR) is 72.7 cm³/mol. The van der Waals surface area contributed by atoms with Crippen LogP contribution >= 0.6 is 0 Å². The summed E-state index contributed by atoms with van der Waals surface area (Å²) in [6.45, 7) is 7.26. The van der Waals surface area contributed by atoms with Crippen LogP contribution in [0.3, 0.4) is 0 Å². The predicted octanol–water partition coefficient (Wildman–Crippen LogP) is 2.80. The molecule has 0 spiro atoms. The molecule has 1 aliphatic heterocycles. The molecule has 1 aliphatic rings. The minimum atomic E-state index is -0.177. The summed E-state index contributed by atoms with van der Waals surface area (Å²) in [5.74, 6) is 1.28. The molecule has 0 bridgehead atoms. The second-order valence-corrected chi connectivity index (χ2v) is 5.54. The average Bonchev–Trinajstić information content (AvgIpc) is 2.35. The zero-order valence-corrected chi connectivity index (χ0v) is 11.3. The van der Waals surface area contributed by atoms with Gasteiger partial charge in [-0.1, -0.05) is 26.0 Å². The molecule has 2 nitrogen and oxygen atoms in total. The maximum absolute atomic E-state index is 13.3. The first-order chi connectivity index (χ1) is 8.61. The molecule has 2 N–H and O–H groups in total. The third kappa shape index (κ3) is 2.90. The summed E-state index contributed by atoms with van der Waals surface area (Å²) < 4.78 is 13.3. The molecule has 0 radical (unpaired) electrons. The average molecular weight is 250 g/mol. The smallest absolute Gasteiger partial charge is 0.123 e. The van der Waals surface area contributed by atoms with E-state index in [4.69, 9.17) is 5.73 Å². The molecule has 1 fully saturated rings. The lowest BCUT2D eigenvalue weighted by atomic mass is 9.87. The van der Waals surface area contributed by atoms with Crippen molar-refractivity contribution in [2.24, 2.45) is 17.6 Å². The molecule has 1 saturated heterocycles. The van der Waals surface area contributed by atoms with Gasteiger partial charge < -0.3 is 5.73 Å². The van der Waals surface area contributed by atoms with Crippen LogP contribution < -0.4 is 5.73 Å². The van der Waals surface area contributed by atoms with Gasteiger partial charge >= 0.3 is 0 Å². The van der Waals surface area contributed by atoms with Gasteiger partial charge in [0.2, 0.25) is 0 Å². The van der Waals surface area contributed by atoms with Crippen LogP contribution in [-0.2, 0) is 0 Å². The van der Waals surface area contributed by atoms with Gasteiger partial charge in [0.25, 0.3) is 0 Å². The van der Waals surface area contributed by atoms with Crippen LogP contribution in [-0.4, -0.2) is 24.5 Å². The molecule has 0 amide bonds. The fourth-order valence-corrected chi connectivity index (χ4v) is 2.79. The Kier molecular flexibility index (Phi) is 4.36. The third-order valence-electron chi connectivity index (χ3n) is 4.26. The Morgan fingerprint density at radius 2 is 2.17 bits per heavy atom. The Hall–Kier alpha value is -0.930. The van der Waals surface area contributed by atoms with Crippen LogP contribution in [0.5, 0.6) is 0 Å². The summed E-state index contributed by atoms with van der Waals surface area (Å²) >= 11 is 0. The summed E-state index contributed by atoms with van der Waals surface area (Å²) in [4.78, 5) is 2.40. The minimum Gasteiger partial charge on any atom is -0.329 e. The molecule has 100 valence electrons. The lowest BCUT2D eigenvalue weighted by Gasteiger charge is -2.40. The number of rotatable bonds is 3. The second-order valence-electron chi connectivity index (χ2n) is 5.54. The monoisotopic (exact) mass is 250 g/mol. The number of nitrogens with two attached hydrogens (primary N) is 1. The van der Waals surface area contributed by atoms with Crippen LogP contribution in [0.15, 0.2) is 24.3 Å². The summed E-state index contributed by atoms with van der Waals surface area (Å²) in [6, 6.07) is 6.99. The van der Waals surface area contributed by atoms with Gasteiger partial charge in [-0.3, -0.25) is 4.90 Å². The van der Waals surface area contributed by atoms with Crippen molar-refractivity contribution < 1.29 is 4.39 Å². The van der Waals surface area contributed by atoms with Gasteiger partial charge in [0.15, 0.2) is 0 Å². The SMILES string of the molecule is CC1CCN(C(CN)c2cccc(F)c2)CC1C. The van der Waals surface area contributed by atoms with Crippen LogP contribution in [0.4, 0.5) is 4.39 Å². The molecule has 0 saturated carbocycles. The second kappa shape index (κ2) is 5.81. The van der Waals surface area contributed by atoms with Gasteiger partial charge in [0, 0.05) is 19.1 Å². The molecule has 1 aromatic carbocycles. The van der Waals surface area contributed by atoms with E-state index in [2.05, 4.69) is 18.7 Å². The first-order valence-corrected chi connectivity index (χ1v) is 6.81. The van der Waals surface area contributed by atoms with Crippen molar-refractivity contribution in [3.8, 4) is 0 Å². The molecule has 1 aromatic rings. The third-order valence-corrected chi connectivity index (χ3v) is 4.26. The van der Waals surface area contributed by atoms with Crippen molar-refractivity contribution >= 4 is 0 Å². The largest absolute Gasteiger partial charge is 0.329 e. The molecule has 0 aromatic heterocycles. The molecule has 0 aliphatic carbocycles. The van der Waals surface area contributed by atoms with Gasteiger partial charge in [0.05, 0.1) is 0 Å². The van der Waals surface area contributed by atoms with E-state index in [1.54, 1.807) is 12.1 Å². The summed E-state index contributed by atoms with van der Waals surface area (Å²) in [5.41, 5.74) is 6.90. The summed E-state index contributed by atoms with van der Waals surface area (Å²) in [6.07, 6.45) is 1.20. The van der Waals surface area contributed by atoms with Crippen LogP contribution in [0.25, 0.3) is 0 Å². The number of hydrogen-bond acceptors (Lipinski definition) is 2. The van der Waals surface area contributed by atoms with Crippen molar-refractivity contribution in [3.05, 3.63) is 35.6 Å². The van der Waals surface area contributed by atoms with E-state index >= 15 is 0 Å². The van der Waals surface area contributed by atoms with Crippen molar-refractivity contribution in [1.29, 1.82) is 0 Å². The Balaban J connectivity index is 2.14. The number of likely N-dealkylation sites (tertiary alicyclic amines) is 1. The zero-order valence-electron chi connectivity index (χ0n) is 11.3. The van der Waals surface area contributed by atoms with E-state index in [-0.39, 0.29) is 11.9 Å². The number of benzene rings is 1. The van der Waals surface area contributed by atoms with Crippen molar-refractivity contribution in [1.82, 2.24) is 4.90 Å². The highest BCUT2D eigenvalue weighted by molar-refractivity contribution is 5.20. The fraction of sp³-hybridized carbons (Fsp3) is 0.600. The normalized spacial score (nSPS) is 27.1. The Labute approximate surface area is 109 Å². The number of piperidine rings is 1. The van der Waals surface area contributed by atoms with Crippen molar-refractivity contribution in [2.75, 3.05) is 19.6 Å².